The first-order valence-corrected chi connectivity index (χ1v) is 13.0. The Kier molecular flexibility index (Phi) is 20.4. The topological polar surface area (TPSA) is 238 Å². The Hall–Kier alpha value is -0.970. The zero-order chi connectivity index (χ0) is 28.4. The van der Waals surface area contributed by atoms with Crippen LogP contribution in [-0.2, 0) is 14.3 Å². The summed E-state index contributed by atoms with van der Waals surface area (Å²) in [4.78, 5) is 10.2. The van der Waals surface area contributed by atoms with Crippen LogP contribution < -0.4 is 0 Å². The number of ether oxygens (including phenoxy) is 2. The lowest BCUT2D eigenvalue weighted by Gasteiger charge is -2.42. The minimum atomic E-state index is -1.85. The lowest BCUT2D eigenvalue weighted by atomic mass is 9.98. The van der Waals surface area contributed by atoms with E-state index in [4.69, 9.17) is 29.9 Å². The molecule has 0 saturated carbocycles. The zero-order valence-electron chi connectivity index (χ0n) is 21.6. The molecule has 1 aliphatic rings. The molecule has 13 heteroatoms. The van der Waals surface area contributed by atoms with Crippen LogP contribution in [0.4, 0.5) is 0 Å². The molecule has 1 fully saturated rings. The van der Waals surface area contributed by atoms with Crippen molar-refractivity contribution >= 4 is 5.97 Å². The van der Waals surface area contributed by atoms with Gasteiger partial charge in [0.05, 0.1) is 19.8 Å². The molecule has 0 spiro atoms. The van der Waals surface area contributed by atoms with Gasteiger partial charge in [-0.3, -0.25) is 4.79 Å². The van der Waals surface area contributed by atoms with Gasteiger partial charge in [0.15, 0.2) is 6.29 Å². The fourth-order valence-corrected chi connectivity index (χ4v) is 3.75. The van der Waals surface area contributed by atoms with Gasteiger partial charge in [-0.1, -0.05) is 58.3 Å². The monoisotopic (exact) mass is 544 g/mol. The molecule has 0 amide bonds. The van der Waals surface area contributed by atoms with Crippen molar-refractivity contribution in [1.82, 2.24) is 0 Å². The molecule has 0 radical (unpaired) electrons. The van der Waals surface area contributed by atoms with Gasteiger partial charge < -0.3 is 60.5 Å². The van der Waals surface area contributed by atoms with Crippen LogP contribution in [0, 0.1) is 0 Å². The van der Waals surface area contributed by atoms with Gasteiger partial charge >= 0.3 is 5.97 Å². The highest BCUT2D eigenvalue weighted by atomic mass is 16.7. The van der Waals surface area contributed by atoms with Crippen LogP contribution in [0.2, 0.25) is 0 Å². The lowest BCUT2D eigenvalue weighted by molar-refractivity contribution is -0.327. The third kappa shape index (κ3) is 14.1. The molecule has 0 aliphatic carbocycles. The van der Waals surface area contributed by atoms with Crippen molar-refractivity contribution in [1.29, 1.82) is 0 Å². The van der Waals surface area contributed by atoms with Crippen LogP contribution in [-0.4, -0.2) is 132 Å². The molecule has 0 aromatic rings. The van der Waals surface area contributed by atoms with E-state index in [1.807, 2.05) is 0 Å². The predicted octanol–water partition coefficient (Wildman–Crippen LogP) is -1.77. The standard InChI is InChI=1S/C12H24O11.C12H24O2/c13-1-4(16)7(18)11(5(17)2-14)23-12-10(21)9(20)8(19)6(3-15)22-12;1-2-3-4-5-6-7-8-9-10-11-12(13)14/h4-21H,1-3H2;2-11H2,1H3,(H,13,14)/t4-,5+,6+,7+,8-,9-,10+,11+,12-;/m0./s1. The van der Waals surface area contributed by atoms with E-state index in [2.05, 4.69) is 6.92 Å². The highest BCUT2D eigenvalue weighted by molar-refractivity contribution is 5.66. The van der Waals surface area contributed by atoms with Gasteiger partial charge in [-0.25, -0.2) is 0 Å². The van der Waals surface area contributed by atoms with Crippen molar-refractivity contribution < 1.29 is 65.3 Å². The van der Waals surface area contributed by atoms with Gasteiger partial charge in [0.25, 0.3) is 0 Å². The molecule has 1 saturated heterocycles. The van der Waals surface area contributed by atoms with E-state index in [0.29, 0.717) is 6.42 Å². The second kappa shape index (κ2) is 20.9. The van der Waals surface area contributed by atoms with Crippen LogP contribution >= 0.6 is 0 Å². The third-order valence-electron chi connectivity index (χ3n) is 6.12. The maximum atomic E-state index is 10.2. The highest BCUT2D eigenvalue weighted by Gasteiger charge is 2.46. The normalized spacial score (nSPS) is 27.0. The second-order valence-corrected chi connectivity index (χ2v) is 9.26. The Labute approximate surface area is 217 Å². The van der Waals surface area contributed by atoms with Crippen molar-refractivity contribution in [2.75, 3.05) is 19.8 Å². The minimum Gasteiger partial charge on any atom is -0.481 e. The smallest absolute Gasteiger partial charge is 0.303 e. The zero-order valence-corrected chi connectivity index (χ0v) is 21.6. The molecule has 1 heterocycles. The summed E-state index contributed by atoms with van der Waals surface area (Å²) in [7, 11) is 0. The number of hydrogen-bond acceptors (Lipinski definition) is 12. The van der Waals surface area contributed by atoms with Crippen LogP contribution in [0.3, 0.4) is 0 Å². The quantitative estimate of drug-likeness (QED) is 0.0861. The van der Waals surface area contributed by atoms with Crippen LogP contribution in [0.5, 0.6) is 0 Å². The van der Waals surface area contributed by atoms with E-state index in [1.54, 1.807) is 0 Å². The third-order valence-corrected chi connectivity index (χ3v) is 6.12. The molecule has 0 bridgehead atoms. The number of aliphatic carboxylic acids is 1. The average Bonchev–Trinajstić information content (AvgIpc) is 2.89. The number of carboxylic acids is 1. The van der Waals surface area contributed by atoms with Crippen LogP contribution in [0.15, 0.2) is 0 Å². The SMILES string of the molecule is CCCCCCCCCCCC(=O)O.OC[C@@H](O)[C@@H](O[C@@H]1O[C@H](CO)[C@H](O)[C@H](O)[C@H]1O)[C@H](O)[C@@H](O)CO. The maximum absolute atomic E-state index is 10.2. The molecular formula is C24H48O13. The Morgan fingerprint density at radius 3 is 1.76 bits per heavy atom. The largest absolute Gasteiger partial charge is 0.481 e. The molecular weight excluding hydrogens is 496 g/mol. The summed E-state index contributed by atoms with van der Waals surface area (Å²) in [6.07, 6.45) is -3.60. The summed E-state index contributed by atoms with van der Waals surface area (Å²) < 4.78 is 10.1. The van der Waals surface area contributed by atoms with Gasteiger partial charge in [-0.05, 0) is 6.42 Å². The number of unbranched alkanes of at least 4 members (excludes halogenated alkanes) is 8. The summed E-state index contributed by atoms with van der Waals surface area (Å²) in [6.45, 7) is -0.225. The van der Waals surface area contributed by atoms with Gasteiger partial charge in [0.2, 0.25) is 0 Å². The maximum Gasteiger partial charge on any atom is 0.303 e. The van der Waals surface area contributed by atoms with Gasteiger partial charge in [0.1, 0.15) is 48.8 Å². The highest BCUT2D eigenvalue weighted by Crippen LogP contribution is 2.25. The number of carbonyl (C=O) groups is 1. The summed E-state index contributed by atoms with van der Waals surface area (Å²) in [5, 5.41) is 93.3. The van der Waals surface area contributed by atoms with E-state index >= 15 is 0 Å². The first-order valence-electron chi connectivity index (χ1n) is 13.0. The molecule has 0 unspecified atom stereocenters. The fourth-order valence-electron chi connectivity index (χ4n) is 3.75. The molecule has 13 nitrogen and oxygen atoms in total. The van der Waals surface area contributed by atoms with E-state index in [1.165, 1.54) is 44.9 Å². The van der Waals surface area contributed by atoms with Crippen molar-refractivity contribution in [3.8, 4) is 0 Å². The molecule has 1 aliphatic heterocycles. The number of hydrogen-bond donors (Lipinski definition) is 10. The van der Waals surface area contributed by atoms with E-state index in [9.17, 15) is 35.4 Å². The fraction of sp³-hybridized carbons (Fsp3) is 0.958. The first-order chi connectivity index (χ1) is 17.5. The number of carboxylic acid groups (broad SMARTS) is 1. The molecule has 0 aromatic carbocycles. The summed E-state index contributed by atoms with van der Waals surface area (Å²) in [5.41, 5.74) is 0. The van der Waals surface area contributed by atoms with Crippen molar-refractivity contribution in [2.24, 2.45) is 0 Å². The van der Waals surface area contributed by atoms with Gasteiger partial charge in [0, 0.05) is 6.42 Å². The second-order valence-electron chi connectivity index (χ2n) is 9.26. The van der Waals surface area contributed by atoms with Crippen molar-refractivity contribution in [3.63, 3.8) is 0 Å². The van der Waals surface area contributed by atoms with Crippen LogP contribution in [0.1, 0.15) is 71.1 Å². The minimum absolute atomic E-state index is 0.343. The predicted molar refractivity (Wildman–Crippen MR) is 130 cm³/mol. The molecule has 1 rings (SSSR count). The number of rotatable bonds is 18. The van der Waals surface area contributed by atoms with E-state index < -0.39 is 80.9 Å². The van der Waals surface area contributed by atoms with Crippen molar-refractivity contribution in [2.45, 2.75) is 126 Å². The molecule has 37 heavy (non-hydrogen) atoms. The number of aliphatic hydroxyl groups is 9. The van der Waals surface area contributed by atoms with E-state index in [-0.39, 0.29) is 0 Å². The van der Waals surface area contributed by atoms with Gasteiger partial charge in [-0.15, -0.1) is 0 Å². The summed E-state index contributed by atoms with van der Waals surface area (Å²) >= 11 is 0. The molecule has 9 atom stereocenters. The molecule has 222 valence electrons. The average molecular weight is 545 g/mol. The summed E-state index contributed by atoms with van der Waals surface area (Å²) in [5.74, 6) is -0.659. The molecule has 0 aromatic heterocycles. The first kappa shape index (κ1) is 36.0. The Balaban J connectivity index is 0.000000795. The van der Waals surface area contributed by atoms with Crippen LogP contribution in [0.25, 0.3) is 0 Å². The molecule has 10 N–H and O–H groups in total. The Morgan fingerprint density at radius 1 is 0.784 bits per heavy atom. The Morgan fingerprint density at radius 2 is 1.30 bits per heavy atom. The lowest BCUT2D eigenvalue weighted by Crippen LogP contribution is -2.61. The van der Waals surface area contributed by atoms with Gasteiger partial charge in [-0.2, -0.15) is 0 Å². The van der Waals surface area contributed by atoms with E-state index in [0.717, 1.165) is 12.8 Å². The summed E-state index contributed by atoms with van der Waals surface area (Å²) in [6, 6.07) is 0. The van der Waals surface area contributed by atoms with Crippen molar-refractivity contribution in [3.05, 3.63) is 0 Å². The number of aliphatic hydroxyl groups excluding tert-OH is 9. The Bertz CT molecular complexity index is 565.